The van der Waals surface area contributed by atoms with E-state index in [0.29, 0.717) is 0 Å². The maximum absolute atomic E-state index is 6.26. The first kappa shape index (κ1) is 12.6. The average Bonchev–Trinajstić information content (AvgIpc) is 2.27. The van der Waals surface area contributed by atoms with Crippen molar-refractivity contribution in [3.8, 4) is 0 Å². The van der Waals surface area contributed by atoms with Gasteiger partial charge in [-0.3, -0.25) is 4.90 Å². The van der Waals surface area contributed by atoms with Gasteiger partial charge in [-0.1, -0.05) is 43.7 Å². The summed E-state index contributed by atoms with van der Waals surface area (Å²) >= 11 is 0. The summed E-state index contributed by atoms with van der Waals surface area (Å²) in [5.41, 5.74) is 7.61. The molecule has 1 aliphatic carbocycles. The maximum atomic E-state index is 6.26. The van der Waals surface area contributed by atoms with Crippen molar-refractivity contribution in [2.45, 2.75) is 44.7 Å². The molecule has 1 aromatic rings. The van der Waals surface area contributed by atoms with Crippen LogP contribution in [0.15, 0.2) is 30.3 Å². The van der Waals surface area contributed by atoms with E-state index in [2.05, 4.69) is 42.2 Å². The minimum Gasteiger partial charge on any atom is -0.326 e. The first-order valence-electron chi connectivity index (χ1n) is 6.83. The van der Waals surface area contributed by atoms with Crippen LogP contribution in [0.1, 0.15) is 31.7 Å². The SMILES string of the molecule is CCN(C[C@H](N)Cc1ccccc1)C1CCC1. The van der Waals surface area contributed by atoms with Gasteiger partial charge in [-0.05, 0) is 31.4 Å². The van der Waals surface area contributed by atoms with Crippen molar-refractivity contribution in [2.75, 3.05) is 13.1 Å². The molecule has 0 bridgehead atoms. The van der Waals surface area contributed by atoms with Crippen LogP contribution in [0.2, 0.25) is 0 Å². The summed E-state index contributed by atoms with van der Waals surface area (Å²) in [4.78, 5) is 2.55. The standard InChI is InChI=1S/C15H24N2/c1-2-17(15-9-6-10-15)12-14(16)11-13-7-4-3-5-8-13/h3-5,7-8,14-15H,2,6,9-12,16H2,1H3/t14-/m1/s1. The van der Waals surface area contributed by atoms with Crippen LogP contribution in [0.3, 0.4) is 0 Å². The van der Waals surface area contributed by atoms with Crippen molar-refractivity contribution in [1.82, 2.24) is 4.90 Å². The Bertz CT molecular complexity index is 319. The second-order valence-electron chi connectivity index (χ2n) is 5.12. The quantitative estimate of drug-likeness (QED) is 0.816. The van der Waals surface area contributed by atoms with Crippen LogP contribution in [0, 0.1) is 0 Å². The lowest BCUT2D eigenvalue weighted by molar-refractivity contribution is 0.126. The monoisotopic (exact) mass is 232 g/mol. The van der Waals surface area contributed by atoms with Crippen LogP contribution in [-0.4, -0.2) is 30.1 Å². The Labute approximate surface area is 105 Å². The molecule has 0 spiro atoms. The summed E-state index contributed by atoms with van der Waals surface area (Å²) in [5, 5.41) is 0. The lowest BCUT2D eigenvalue weighted by Gasteiger charge is -2.38. The van der Waals surface area contributed by atoms with Crippen molar-refractivity contribution in [3.63, 3.8) is 0 Å². The average molecular weight is 232 g/mol. The van der Waals surface area contributed by atoms with Gasteiger partial charge in [0, 0.05) is 18.6 Å². The smallest absolute Gasteiger partial charge is 0.0208 e. The molecule has 1 aromatic carbocycles. The highest BCUT2D eigenvalue weighted by atomic mass is 15.2. The van der Waals surface area contributed by atoms with Crippen molar-refractivity contribution in [3.05, 3.63) is 35.9 Å². The maximum Gasteiger partial charge on any atom is 0.0208 e. The summed E-state index contributed by atoms with van der Waals surface area (Å²) < 4.78 is 0. The van der Waals surface area contributed by atoms with Crippen LogP contribution in [0.5, 0.6) is 0 Å². The van der Waals surface area contributed by atoms with Crippen LogP contribution in [0.25, 0.3) is 0 Å². The molecule has 2 N–H and O–H groups in total. The number of likely N-dealkylation sites (N-methyl/N-ethyl adjacent to an activating group) is 1. The topological polar surface area (TPSA) is 29.3 Å². The van der Waals surface area contributed by atoms with E-state index in [1.165, 1.54) is 24.8 Å². The van der Waals surface area contributed by atoms with E-state index in [4.69, 9.17) is 5.73 Å². The zero-order valence-electron chi connectivity index (χ0n) is 10.8. The van der Waals surface area contributed by atoms with E-state index >= 15 is 0 Å². The Hall–Kier alpha value is -0.860. The number of rotatable bonds is 6. The van der Waals surface area contributed by atoms with E-state index in [1.807, 2.05) is 0 Å². The second-order valence-corrected chi connectivity index (χ2v) is 5.12. The molecule has 1 fully saturated rings. The van der Waals surface area contributed by atoms with E-state index in [-0.39, 0.29) is 6.04 Å². The van der Waals surface area contributed by atoms with Crippen molar-refractivity contribution in [2.24, 2.45) is 5.73 Å². The Kier molecular flexibility index (Phi) is 4.57. The van der Waals surface area contributed by atoms with Gasteiger partial charge < -0.3 is 5.73 Å². The molecule has 0 unspecified atom stereocenters. The third-order valence-electron chi connectivity index (χ3n) is 3.81. The molecule has 0 amide bonds. The van der Waals surface area contributed by atoms with Gasteiger partial charge in [-0.15, -0.1) is 0 Å². The lowest BCUT2D eigenvalue weighted by atomic mass is 9.91. The summed E-state index contributed by atoms with van der Waals surface area (Å²) in [6.07, 6.45) is 5.12. The number of nitrogens with zero attached hydrogens (tertiary/aromatic N) is 1. The molecule has 2 heteroatoms. The third kappa shape index (κ3) is 3.55. The molecule has 1 aliphatic rings. The number of hydrogen-bond donors (Lipinski definition) is 1. The molecular formula is C15H24N2. The highest BCUT2D eigenvalue weighted by molar-refractivity contribution is 5.15. The summed E-state index contributed by atoms with van der Waals surface area (Å²) in [5.74, 6) is 0. The van der Waals surface area contributed by atoms with Crippen LogP contribution in [-0.2, 0) is 6.42 Å². The Morgan fingerprint density at radius 3 is 2.53 bits per heavy atom. The largest absolute Gasteiger partial charge is 0.326 e. The molecule has 1 atom stereocenters. The highest BCUT2D eigenvalue weighted by Crippen LogP contribution is 2.24. The van der Waals surface area contributed by atoms with Crippen LogP contribution in [0.4, 0.5) is 0 Å². The summed E-state index contributed by atoms with van der Waals surface area (Å²) in [7, 11) is 0. The van der Waals surface area contributed by atoms with Gasteiger partial charge in [-0.2, -0.15) is 0 Å². The van der Waals surface area contributed by atoms with E-state index < -0.39 is 0 Å². The van der Waals surface area contributed by atoms with Crippen molar-refractivity contribution < 1.29 is 0 Å². The van der Waals surface area contributed by atoms with Crippen LogP contribution < -0.4 is 5.73 Å². The van der Waals surface area contributed by atoms with E-state index in [9.17, 15) is 0 Å². The van der Waals surface area contributed by atoms with E-state index in [0.717, 1.165) is 25.6 Å². The fourth-order valence-corrected chi connectivity index (χ4v) is 2.57. The minimum atomic E-state index is 0.262. The second kappa shape index (κ2) is 6.18. The molecule has 2 nitrogen and oxygen atoms in total. The molecule has 0 aromatic heterocycles. The van der Waals surface area contributed by atoms with Gasteiger partial charge in [-0.25, -0.2) is 0 Å². The predicted octanol–water partition coefficient (Wildman–Crippen LogP) is 2.43. The molecule has 0 aliphatic heterocycles. The Balaban J connectivity index is 1.81. The summed E-state index contributed by atoms with van der Waals surface area (Å²) in [6.45, 7) is 4.41. The molecule has 1 saturated carbocycles. The normalized spacial score (nSPS) is 18.1. The Morgan fingerprint density at radius 1 is 1.29 bits per heavy atom. The molecule has 2 rings (SSSR count). The Morgan fingerprint density at radius 2 is 2.00 bits per heavy atom. The number of nitrogens with two attached hydrogens (primary N) is 1. The number of benzene rings is 1. The molecular weight excluding hydrogens is 208 g/mol. The molecule has 94 valence electrons. The fourth-order valence-electron chi connectivity index (χ4n) is 2.57. The number of hydrogen-bond acceptors (Lipinski definition) is 2. The van der Waals surface area contributed by atoms with Gasteiger partial charge in [0.25, 0.3) is 0 Å². The summed E-state index contributed by atoms with van der Waals surface area (Å²) in [6, 6.07) is 11.6. The highest BCUT2D eigenvalue weighted by Gasteiger charge is 2.24. The molecule has 0 heterocycles. The predicted molar refractivity (Wildman–Crippen MR) is 73.0 cm³/mol. The zero-order chi connectivity index (χ0) is 12.1. The van der Waals surface area contributed by atoms with Gasteiger partial charge in [0.2, 0.25) is 0 Å². The lowest BCUT2D eigenvalue weighted by Crippen LogP contribution is -2.46. The van der Waals surface area contributed by atoms with Gasteiger partial charge >= 0.3 is 0 Å². The fraction of sp³-hybridized carbons (Fsp3) is 0.600. The molecule has 0 radical (unpaired) electrons. The van der Waals surface area contributed by atoms with Crippen molar-refractivity contribution >= 4 is 0 Å². The zero-order valence-corrected chi connectivity index (χ0v) is 10.8. The minimum absolute atomic E-state index is 0.262. The van der Waals surface area contributed by atoms with Gasteiger partial charge in [0.1, 0.15) is 0 Å². The third-order valence-corrected chi connectivity index (χ3v) is 3.81. The van der Waals surface area contributed by atoms with Gasteiger partial charge in [0.15, 0.2) is 0 Å². The van der Waals surface area contributed by atoms with Gasteiger partial charge in [0.05, 0.1) is 0 Å². The first-order valence-corrected chi connectivity index (χ1v) is 6.83. The van der Waals surface area contributed by atoms with Crippen LogP contribution >= 0.6 is 0 Å². The molecule has 17 heavy (non-hydrogen) atoms. The van der Waals surface area contributed by atoms with Crippen molar-refractivity contribution in [1.29, 1.82) is 0 Å². The first-order chi connectivity index (χ1) is 8.29. The van der Waals surface area contributed by atoms with E-state index in [1.54, 1.807) is 0 Å². The molecule has 0 saturated heterocycles.